The van der Waals surface area contributed by atoms with Crippen molar-refractivity contribution < 1.29 is 14.0 Å². The van der Waals surface area contributed by atoms with Crippen LogP contribution in [0, 0.1) is 0 Å². The van der Waals surface area contributed by atoms with Gasteiger partial charge in [-0.05, 0) is 31.7 Å². The Morgan fingerprint density at radius 2 is 1.48 bits per heavy atom. The van der Waals surface area contributed by atoms with Gasteiger partial charge in [0.05, 0.1) is 26.2 Å². The standard InChI is InChI=1S/C20H34NO2/c1-4-7-16-21(17-8-5-2,20(22)23-6-3)18-12-15-19-13-10-9-11-14-19/h9-11,13-14H,4-8,12,15-18H2,1-3H3/q+1. The number of amides is 1. The fourth-order valence-electron chi connectivity index (χ4n) is 3.02. The number of ether oxygens (including phenoxy) is 1. The first-order valence-electron chi connectivity index (χ1n) is 9.25. The summed E-state index contributed by atoms with van der Waals surface area (Å²) >= 11 is 0. The fourth-order valence-corrected chi connectivity index (χ4v) is 3.02. The van der Waals surface area contributed by atoms with Crippen molar-refractivity contribution >= 4 is 6.09 Å². The van der Waals surface area contributed by atoms with E-state index in [2.05, 4.69) is 38.1 Å². The Kier molecular flexibility index (Phi) is 9.61. The summed E-state index contributed by atoms with van der Waals surface area (Å²) in [5, 5.41) is 0. The summed E-state index contributed by atoms with van der Waals surface area (Å²) in [5.74, 6) is 0. The lowest BCUT2D eigenvalue weighted by Crippen LogP contribution is -2.55. The molecule has 1 aromatic rings. The smallest absolute Gasteiger partial charge is 0.420 e. The van der Waals surface area contributed by atoms with Crippen molar-refractivity contribution in [2.24, 2.45) is 0 Å². The molecule has 0 spiro atoms. The molecule has 0 saturated carbocycles. The van der Waals surface area contributed by atoms with Crippen molar-refractivity contribution in [3.63, 3.8) is 0 Å². The molecule has 130 valence electrons. The van der Waals surface area contributed by atoms with Crippen LogP contribution in [-0.2, 0) is 11.2 Å². The molecule has 0 heterocycles. The molecule has 3 heteroatoms. The van der Waals surface area contributed by atoms with E-state index in [9.17, 15) is 4.79 Å². The number of carbonyl (C=O) groups excluding carboxylic acids is 1. The quantitative estimate of drug-likeness (QED) is 0.524. The first kappa shape index (κ1) is 19.7. The minimum absolute atomic E-state index is 0.0255. The number of quaternary nitrogens is 1. The third-order valence-electron chi connectivity index (χ3n) is 4.43. The van der Waals surface area contributed by atoms with Crippen LogP contribution in [0.4, 0.5) is 4.79 Å². The van der Waals surface area contributed by atoms with Crippen LogP contribution in [0.5, 0.6) is 0 Å². The largest absolute Gasteiger partial charge is 0.516 e. The van der Waals surface area contributed by atoms with Crippen LogP contribution in [0.3, 0.4) is 0 Å². The topological polar surface area (TPSA) is 26.3 Å². The van der Waals surface area contributed by atoms with E-state index in [4.69, 9.17) is 4.74 Å². The zero-order chi connectivity index (χ0) is 17.0. The summed E-state index contributed by atoms with van der Waals surface area (Å²) in [4.78, 5) is 12.7. The summed E-state index contributed by atoms with van der Waals surface area (Å²) in [7, 11) is 0. The van der Waals surface area contributed by atoms with E-state index in [1.807, 2.05) is 13.0 Å². The molecule has 23 heavy (non-hydrogen) atoms. The molecule has 0 unspecified atom stereocenters. The Hall–Kier alpha value is -1.35. The molecule has 0 aliphatic heterocycles. The van der Waals surface area contributed by atoms with E-state index in [1.54, 1.807) is 0 Å². The van der Waals surface area contributed by atoms with Crippen molar-refractivity contribution in [2.45, 2.75) is 59.3 Å². The van der Waals surface area contributed by atoms with Gasteiger partial charge in [0.15, 0.2) is 0 Å². The second kappa shape index (κ2) is 11.2. The van der Waals surface area contributed by atoms with Gasteiger partial charge in [-0.25, -0.2) is 4.48 Å². The lowest BCUT2D eigenvalue weighted by atomic mass is 10.1. The Balaban J connectivity index is 2.74. The molecule has 0 saturated heterocycles. The van der Waals surface area contributed by atoms with E-state index in [-0.39, 0.29) is 6.09 Å². The molecule has 3 nitrogen and oxygen atoms in total. The van der Waals surface area contributed by atoms with Crippen LogP contribution in [0.1, 0.15) is 58.4 Å². The summed E-state index contributed by atoms with van der Waals surface area (Å²) in [6.45, 7) is 9.43. The maximum atomic E-state index is 12.7. The molecule has 0 aliphatic rings. The van der Waals surface area contributed by atoms with Gasteiger partial charge >= 0.3 is 6.09 Å². The normalized spacial score (nSPS) is 11.4. The third-order valence-corrected chi connectivity index (χ3v) is 4.43. The molecule has 0 aromatic heterocycles. The lowest BCUT2D eigenvalue weighted by Gasteiger charge is -2.34. The number of hydrogen-bond acceptors (Lipinski definition) is 2. The van der Waals surface area contributed by atoms with Gasteiger partial charge in [-0.2, -0.15) is 4.79 Å². The van der Waals surface area contributed by atoms with E-state index in [1.165, 1.54) is 5.56 Å². The molecule has 1 aromatic carbocycles. The van der Waals surface area contributed by atoms with Crippen LogP contribution < -0.4 is 0 Å². The SMILES string of the molecule is CCCC[N+](CCCC)(CCCc1ccccc1)C(=O)OCC. The van der Waals surface area contributed by atoms with Crippen LogP contribution >= 0.6 is 0 Å². The van der Waals surface area contributed by atoms with Gasteiger partial charge in [0.1, 0.15) is 0 Å². The predicted octanol–water partition coefficient (Wildman–Crippen LogP) is 5.19. The minimum Gasteiger partial charge on any atom is -0.420 e. The van der Waals surface area contributed by atoms with Gasteiger partial charge < -0.3 is 4.74 Å². The van der Waals surface area contributed by atoms with Gasteiger partial charge in [0.25, 0.3) is 0 Å². The molecular weight excluding hydrogens is 286 g/mol. The molecular formula is C20H34NO2+. The Morgan fingerprint density at radius 1 is 0.913 bits per heavy atom. The van der Waals surface area contributed by atoms with Crippen molar-refractivity contribution in [3.05, 3.63) is 35.9 Å². The molecule has 0 fully saturated rings. The van der Waals surface area contributed by atoms with Crippen molar-refractivity contribution in [1.82, 2.24) is 0 Å². The highest BCUT2D eigenvalue weighted by Crippen LogP contribution is 2.18. The van der Waals surface area contributed by atoms with Gasteiger partial charge in [-0.3, -0.25) is 0 Å². The van der Waals surface area contributed by atoms with Gasteiger partial charge in [0.2, 0.25) is 0 Å². The number of benzene rings is 1. The average molecular weight is 320 g/mol. The maximum absolute atomic E-state index is 12.7. The number of unbranched alkanes of at least 4 members (excludes halogenated alkanes) is 2. The second-order valence-corrected chi connectivity index (χ2v) is 6.31. The summed E-state index contributed by atoms with van der Waals surface area (Å²) in [6.07, 6.45) is 6.41. The lowest BCUT2D eigenvalue weighted by molar-refractivity contribution is -0.858. The zero-order valence-corrected chi connectivity index (χ0v) is 15.2. The van der Waals surface area contributed by atoms with Crippen molar-refractivity contribution in [2.75, 3.05) is 26.2 Å². The predicted molar refractivity (Wildman–Crippen MR) is 96.5 cm³/mol. The Morgan fingerprint density at radius 3 is 2.00 bits per heavy atom. The number of hydrogen-bond donors (Lipinski definition) is 0. The molecule has 0 radical (unpaired) electrons. The zero-order valence-electron chi connectivity index (χ0n) is 15.2. The average Bonchev–Trinajstić information content (AvgIpc) is 2.58. The number of rotatable bonds is 11. The highest BCUT2D eigenvalue weighted by molar-refractivity contribution is 5.59. The molecule has 0 N–H and O–H groups in total. The molecule has 1 rings (SSSR count). The first-order chi connectivity index (χ1) is 11.2. The fraction of sp³-hybridized carbons (Fsp3) is 0.650. The van der Waals surface area contributed by atoms with Crippen LogP contribution in [-0.4, -0.2) is 36.8 Å². The molecule has 0 atom stereocenters. The number of carbonyl (C=O) groups is 1. The van der Waals surface area contributed by atoms with Gasteiger partial charge in [-0.15, -0.1) is 0 Å². The van der Waals surface area contributed by atoms with E-state index >= 15 is 0 Å². The summed E-state index contributed by atoms with van der Waals surface area (Å²) in [5.41, 5.74) is 1.35. The number of aryl methyl sites for hydroxylation is 1. The van der Waals surface area contributed by atoms with Crippen LogP contribution in [0.25, 0.3) is 0 Å². The molecule has 0 aliphatic carbocycles. The second-order valence-electron chi connectivity index (χ2n) is 6.31. The van der Waals surface area contributed by atoms with E-state index in [0.29, 0.717) is 11.1 Å². The first-order valence-corrected chi connectivity index (χ1v) is 9.25. The highest BCUT2D eigenvalue weighted by atomic mass is 16.6. The maximum Gasteiger partial charge on any atom is 0.516 e. The summed E-state index contributed by atoms with van der Waals surface area (Å²) < 4.78 is 5.94. The van der Waals surface area contributed by atoms with Crippen molar-refractivity contribution in [3.8, 4) is 0 Å². The summed E-state index contributed by atoms with van der Waals surface area (Å²) in [6, 6.07) is 10.5. The molecule has 1 amide bonds. The minimum atomic E-state index is -0.0255. The van der Waals surface area contributed by atoms with Gasteiger partial charge in [-0.1, -0.05) is 57.0 Å². The Bertz CT molecular complexity index is 423. The highest BCUT2D eigenvalue weighted by Gasteiger charge is 2.36. The third kappa shape index (κ3) is 6.74. The number of nitrogens with zero attached hydrogens (tertiary/aromatic N) is 1. The van der Waals surface area contributed by atoms with Crippen molar-refractivity contribution in [1.29, 1.82) is 0 Å². The van der Waals surface area contributed by atoms with Crippen LogP contribution in [0.15, 0.2) is 30.3 Å². The monoisotopic (exact) mass is 320 g/mol. The van der Waals surface area contributed by atoms with E-state index in [0.717, 1.165) is 58.2 Å². The van der Waals surface area contributed by atoms with Crippen LogP contribution in [0.2, 0.25) is 0 Å². The van der Waals surface area contributed by atoms with E-state index < -0.39 is 0 Å². The molecule has 0 bridgehead atoms. The van der Waals surface area contributed by atoms with Gasteiger partial charge in [0, 0.05) is 6.42 Å². The Labute approximate surface area is 142 Å².